The van der Waals surface area contributed by atoms with Crippen molar-refractivity contribution in [3.8, 4) is 0 Å². The van der Waals surface area contributed by atoms with Crippen LogP contribution in [0.5, 0.6) is 0 Å². The minimum absolute atomic E-state index is 0.0305. The first kappa shape index (κ1) is 21.4. The molecule has 2 heterocycles. The number of ether oxygens (including phenoxy) is 1. The average molecular weight is 464 g/mol. The fourth-order valence-corrected chi connectivity index (χ4v) is 5.82. The van der Waals surface area contributed by atoms with E-state index in [4.69, 9.17) is 21.3 Å². The molecule has 0 atom stereocenters. The summed E-state index contributed by atoms with van der Waals surface area (Å²) in [6.07, 6.45) is 4.22. The van der Waals surface area contributed by atoms with Gasteiger partial charge in [0.15, 0.2) is 5.16 Å². The molecule has 1 aliphatic rings. The Morgan fingerprint density at radius 1 is 1.30 bits per heavy atom. The molecule has 30 heavy (non-hydrogen) atoms. The number of amides is 1. The number of hydrogen-bond acceptors (Lipinski definition) is 6. The summed E-state index contributed by atoms with van der Waals surface area (Å²) in [7, 11) is 1.61. The van der Waals surface area contributed by atoms with Crippen LogP contribution in [0.15, 0.2) is 34.2 Å². The van der Waals surface area contributed by atoms with Gasteiger partial charge in [-0.3, -0.25) is 14.2 Å². The van der Waals surface area contributed by atoms with Crippen LogP contribution >= 0.6 is 34.7 Å². The van der Waals surface area contributed by atoms with Crippen LogP contribution in [-0.2, 0) is 28.9 Å². The zero-order valence-electron chi connectivity index (χ0n) is 16.6. The quantitative estimate of drug-likeness (QED) is 0.416. The molecule has 0 saturated heterocycles. The molecule has 158 valence electrons. The average Bonchev–Trinajstić information content (AvgIpc) is 3.12. The van der Waals surface area contributed by atoms with Gasteiger partial charge < -0.3 is 10.1 Å². The summed E-state index contributed by atoms with van der Waals surface area (Å²) in [5, 5.41) is 4.75. The zero-order valence-corrected chi connectivity index (χ0v) is 19.0. The molecule has 1 amide bonds. The zero-order chi connectivity index (χ0) is 21.1. The second kappa shape index (κ2) is 9.51. The topological polar surface area (TPSA) is 73.2 Å². The summed E-state index contributed by atoms with van der Waals surface area (Å²) in [4.78, 5) is 32.5. The second-order valence-corrected chi connectivity index (χ2v) is 9.54. The predicted molar refractivity (Wildman–Crippen MR) is 123 cm³/mol. The van der Waals surface area contributed by atoms with E-state index in [1.165, 1.54) is 22.2 Å². The summed E-state index contributed by atoms with van der Waals surface area (Å²) >= 11 is 8.77. The molecule has 3 aromatic rings. The molecule has 0 fully saturated rings. The monoisotopic (exact) mass is 463 g/mol. The van der Waals surface area contributed by atoms with Gasteiger partial charge in [0.2, 0.25) is 5.91 Å². The Labute approximate surface area is 187 Å². The summed E-state index contributed by atoms with van der Waals surface area (Å²) in [5.41, 5.74) is 1.81. The maximum absolute atomic E-state index is 13.3. The fourth-order valence-electron chi connectivity index (χ4n) is 3.57. The van der Waals surface area contributed by atoms with Crippen LogP contribution in [0, 0.1) is 0 Å². The summed E-state index contributed by atoms with van der Waals surface area (Å²) < 4.78 is 6.84. The number of rotatable bonds is 7. The Morgan fingerprint density at radius 2 is 2.07 bits per heavy atom. The lowest BCUT2D eigenvalue weighted by atomic mass is 9.97. The molecule has 0 radical (unpaired) electrons. The number of hydrogen-bond donors (Lipinski definition) is 1. The third kappa shape index (κ3) is 4.56. The molecule has 9 heteroatoms. The van der Waals surface area contributed by atoms with E-state index in [1.807, 2.05) is 0 Å². The predicted octanol–water partition coefficient (Wildman–Crippen LogP) is 4.37. The van der Waals surface area contributed by atoms with Crippen LogP contribution in [0.25, 0.3) is 10.2 Å². The second-order valence-electron chi connectivity index (χ2n) is 7.08. The van der Waals surface area contributed by atoms with Gasteiger partial charge in [-0.15, -0.1) is 11.3 Å². The summed E-state index contributed by atoms with van der Waals surface area (Å²) in [5.74, 6) is -0.0148. The molecular formula is C21H22ClN3O3S2. The summed E-state index contributed by atoms with van der Waals surface area (Å²) in [6, 6.07) is 6.95. The van der Waals surface area contributed by atoms with E-state index in [0.717, 1.165) is 35.9 Å². The number of nitrogens with zero attached hydrogens (tertiary/aromatic N) is 2. The molecule has 0 bridgehead atoms. The number of anilines is 1. The van der Waals surface area contributed by atoms with Crippen LogP contribution < -0.4 is 10.9 Å². The van der Waals surface area contributed by atoms with E-state index in [0.29, 0.717) is 29.0 Å². The molecule has 0 spiro atoms. The number of aromatic nitrogens is 2. The Kier molecular flexibility index (Phi) is 6.77. The third-order valence-electron chi connectivity index (χ3n) is 5.02. The number of methoxy groups -OCH3 is 1. The van der Waals surface area contributed by atoms with Crippen LogP contribution in [-0.4, -0.2) is 34.9 Å². The molecular weight excluding hydrogens is 442 g/mol. The SMILES string of the molecule is COCCn1c(SCC(=O)Nc2ccc(Cl)cc2)nc2sc3c(c2c1=O)CCCC3. The van der Waals surface area contributed by atoms with Gasteiger partial charge in [0.1, 0.15) is 4.83 Å². The number of nitrogens with one attached hydrogen (secondary N) is 1. The third-order valence-corrected chi connectivity index (χ3v) is 7.43. The maximum Gasteiger partial charge on any atom is 0.263 e. The first-order valence-corrected chi connectivity index (χ1v) is 12.0. The highest BCUT2D eigenvalue weighted by molar-refractivity contribution is 7.99. The number of halogens is 1. The Bertz CT molecular complexity index is 1130. The van der Waals surface area contributed by atoms with Gasteiger partial charge in [0.05, 0.1) is 24.3 Å². The molecule has 0 saturated carbocycles. The van der Waals surface area contributed by atoms with Gasteiger partial charge in [0, 0.05) is 22.7 Å². The number of aryl methyl sites for hydroxylation is 2. The van der Waals surface area contributed by atoms with Gasteiger partial charge in [-0.05, 0) is 55.5 Å². The minimum atomic E-state index is -0.166. The lowest BCUT2D eigenvalue weighted by Crippen LogP contribution is -2.26. The lowest BCUT2D eigenvalue weighted by molar-refractivity contribution is -0.113. The number of thiophene rings is 1. The fraction of sp³-hybridized carbons (Fsp3) is 0.381. The van der Waals surface area contributed by atoms with Crippen molar-refractivity contribution in [2.45, 2.75) is 37.4 Å². The first-order chi connectivity index (χ1) is 14.6. The van der Waals surface area contributed by atoms with Crippen molar-refractivity contribution in [2.24, 2.45) is 0 Å². The van der Waals surface area contributed by atoms with Crippen molar-refractivity contribution >= 4 is 56.5 Å². The van der Waals surface area contributed by atoms with Gasteiger partial charge in [0.25, 0.3) is 5.56 Å². The standard InChI is InChI=1S/C21H22ClN3O3S2/c1-28-11-10-25-20(27)18-15-4-2-3-5-16(15)30-19(18)24-21(25)29-12-17(26)23-14-8-6-13(22)7-9-14/h6-9H,2-5,10-12H2,1H3,(H,23,26). The van der Waals surface area contributed by atoms with E-state index < -0.39 is 0 Å². The van der Waals surface area contributed by atoms with Crippen LogP contribution in [0.1, 0.15) is 23.3 Å². The van der Waals surface area contributed by atoms with E-state index in [1.54, 1.807) is 47.3 Å². The van der Waals surface area contributed by atoms with Crippen molar-refractivity contribution in [1.82, 2.24) is 9.55 Å². The smallest absolute Gasteiger partial charge is 0.263 e. The Hall–Kier alpha value is -1.87. The number of carbonyl (C=O) groups excluding carboxylic acids is 1. The summed E-state index contributed by atoms with van der Waals surface area (Å²) in [6.45, 7) is 0.813. The van der Waals surface area contributed by atoms with Crippen molar-refractivity contribution in [3.05, 3.63) is 50.1 Å². The van der Waals surface area contributed by atoms with Gasteiger partial charge >= 0.3 is 0 Å². The van der Waals surface area contributed by atoms with E-state index in [-0.39, 0.29) is 17.2 Å². The molecule has 0 aliphatic heterocycles. The molecule has 0 unspecified atom stereocenters. The van der Waals surface area contributed by atoms with Crippen LogP contribution in [0.4, 0.5) is 5.69 Å². The number of carbonyl (C=O) groups is 1. The van der Waals surface area contributed by atoms with Crippen molar-refractivity contribution in [2.75, 3.05) is 24.8 Å². The van der Waals surface area contributed by atoms with Crippen LogP contribution in [0.3, 0.4) is 0 Å². The molecule has 1 aromatic carbocycles. The number of benzene rings is 1. The van der Waals surface area contributed by atoms with E-state index in [2.05, 4.69) is 5.32 Å². The lowest BCUT2D eigenvalue weighted by Gasteiger charge is -2.13. The Balaban J connectivity index is 1.59. The largest absolute Gasteiger partial charge is 0.383 e. The normalized spacial score (nSPS) is 13.4. The molecule has 2 aromatic heterocycles. The van der Waals surface area contributed by atoms with Crippen molar-refractivity contribution < 1.29 is 9.53 Å². The molecule has 1 N–H and O–H groups in total. The Morgan fingerprint density at radius 3 is 2.83 bits per heavy atom. The van der Waals surface area contributed by atoms with Gasteiger partial charge in [-0.25, -0.2) is 4.98 Å². The number of thioether (sulfide) groups is 1. The van der Waals surface area contributed by atoms with Crippen molar-refractivity contribution in [3.63, 3.8) is 0 Å². The highest BCUT2D eigenvalue weighted by atomic mass is 35.5. The first-order valence-electron chi connectivity index (χ1n) is 9.79. The highest BCUT2D eigenvalue weighted by Crippen LogP contribution is 2.34. The highest BCUT2D eigenvalue weighted by Gasteiger charge is 2.22. The van der Waals surface area contributed by atoms with Crippen molar-refractivity contribution in [1.29, 1.82) is 0 Å². The van der Waals surface area contributed by atoms with Crippen LogP contribution in [0.2, 0.25) is 5.02 Å². The van der Waals surface area contributed by atoms with Gasteiger partial charge in [-0.2, -0.15) is 0 Å². The molecule has 6 nitrogen and oxygen atoms in total. The molecule has 4 rings (SSSR count). The van der Waals surface area contributed by atoms with E-state index in [9.17, 15) is 9.59 Å². The van der Waals surface area contributed by atoms with E-state index >= 15 is 0 Å². The number of fused-ring (bicyclic) bond motifs is 3. The maximum atomic E-state index is 13.3. The minimum Gasteiger partial charge on any atom is -0.383 e. The molecule has 1 aliphatic carbocycles. The van der Waals surface area contributed by atoms with Gasteiger partial charge in [-0.1, -0.05) is 23.4 Å².